The van der Waals surface area contributed by atoms with Crippen LogP contribution in [0.1, 0.15) is 20.8 Å². The van der Waals surface area contributed by atoms with E-state index < -0.39 is 18.2 Å². The number of ether oxygens (including phenoxy) is 1. The van der Waals surface area contributed by atoms with Gasteiger partial charge in [-0.05, 0) is 20.8 Å². The summed E-state index contributed by atoms with van der Waals surface area (Å²) in [6, 6.07) is 0. The zero-order valence-corrected chi connectivity index (χ0v) is 12.2. The number of amides is 2. The van der Waals surface area contributed by atoms with Crippen LogP contribution in [0.25, 0.3) is 0 Å². The molecule has 8 nitrogen and oxygen atoms in total. The predicted octanol–water partition coefficient (Wildman–Crippen LogP) is 0.808. The number of nitroso groups, excluding NO2 is 1. The number of carbonyl (C=O) groups is 2. The molecular formula is C13H19N3O5. The van der Waals surface area contributed by atoms with Crippen LogP contribution in [0.15, 0.2) is 28.8 Å². The van der Waals surface area contributed by atoms with E-state index in [-0.39, 0.29) is 24.8 Å². The Morgan fingerprint density at radius 3 is 2.86 bits per heavy atom. The highest BCUT2D eigenvalue weighted by Crippen LogP contribution is 2.14. The summed E-state index contributed by atoms with van der Waals surface area (Å²) < 4.78 is 5.54. The van der Waals surface area contributed by atoms with E-state index in [1.54, 1.807) is 13.8 Å². The molecule has 1 aliphatic rings. The van der Waals surface area contributed by atoms with Crippen molar-refractivity contribution in [2.24, 2.45) is 5.18 Å². The fourth-order valence-corrected chi connectivity index (χ4v) is 1.72. The Morgan fingerprint density at radius 2 is 2.29 bits per heavy atom. The Morgan fingerprint density at radius 1 is 1.62 bits per heavy atom. The molecular weight excluding hydrogens is 278 g/mol. The monoisotopic (exact) mass is 297 g/mol. The highest BCUT2D eigenvalue weighted by Gasteiger charge is 2.27. The zero-order valence-electron chi connectivity index (χ0n) is 12.2. The van der Waals surface area contributed by atoms with Crippen LogP contribution in [0.4, 0.5) is 0 Å². The van der Waals surface area contributed by atoms with Crippen LogP contribution >= 0.6 is 0 Å². The minimum Gasteiger partial charge on any atom is -0.513 e. The Labute approximate surface area is 122 Å². The van der Waals surface area contributed by atoms with Crippen molar-refractivity contribution in [3.63, 3.8) is 0 Å². The topological polar surface area (TPSA) is 108 Å². The first-order chi connectivity index (χ1) is 9.85. The van der Waals surface area contributed by atoms with Gasteiger partial charge in [-0.2, -0.15) is 4.91 Å². The Kier molecular flexibility index (Phi) is 6.04. The molecule has 0 fully saturated rings. The molecule has 8 heteroatoms. The Hall–Kier alpha value is -2.22. The van der Waals surface area contributed by atoms with Gasteiger partial charge in [0.25, 0.3) is 0 Å². The summed E-state index contributed by atoms with van der Waals surface area (Å²) >= 11 is 0. The van der Waals surface area contributed by atoms with Crippen molar-refractivity contribution in [2.75, 3.05) is 13.1 Å². The first-order valence-corrected chi connectivity index (χ1v) is 6.45. The number of rotatable bonds is 6. The molecule has 0 bridgehead atoms. The second-order valence-electron chi connectivity index (χ2n) is 4.75. The van der Waals surface area contributed by atoms with E-state index in [2.05, 4.69) is 10.5 Å². The average molecular weight is 297 g/mol. The standard InChI is InChI=1S/C13H19N3O5/c1-8-7-16(11(18)6-14-13(8)19)12(4-9(2)17)21-10(3)5-15-20/h4,7,10,12,17H,5-6H2,1-3H3,(H,14,19)/b9-4+/t10-,12?/m0/s1. The quantitative estimate of drug-likeness (QED) is 0.557. The number of aliphatic hydroxyl groups excluding tert-OH is 1. The SMILES string of the molecule is CC1=CN(C(/C=C(\C)O)O[C@@H](C)CN=O)C(=O)CNC1=O. The molecule has 0 aromatic rings. The third kappa shape index (κ3) is 4.99. The lowest BCUT2D eigenvalue weighted by molar-refractivity contribution is -0.139. The number of hydrogen-bond acceptors (Lipinski definition) is 6. The fourth-order valence-electron chi connectivity index (χ4n) is 1.72. The van der Waals surface area contributed by atoms with Gasteiger partial charge in [-0.1, -0.05) is 5.18 Å². The van der Waals surface area contributed by atoms with Crippen molar-refractivity contribution in [3.8, 4) is 0 Å². The molecule has 116 valence electrons. The summed E-state index contributed by atoms with van der Waals surface area (Å²) in [7, 11) is 0. The van der Waals surface area contributed by atoms with Crippen molar-refractivity contribution < 1.29 is 19.4 Å². The molecule has 2 N–H and O–H groups in total. The summed E-state index contributed by atoms with van der Waals surface area (Å²) in [6.07, 6.45) is 1.20. The maximum Gasteiger partial charge on any atom is 0.248 e. The van der Waals surface area contributed by atoms with E-state index in [0.717, 1.165) is 0 Å². The van der Waals surface area contributed by atoms with E-state index in [1.165, 1.54) is 24.1 Å². The third-order valence-corrected chi connectivity index (χ3v) is 2.74. The average Bonchev–Trinajstić information content (AvgIpc) is 2.51. The minimum absolute atomic E-state index is 0.0475. The summed E-state index contributed by atoms with van der Waals surface area (Å²) in [6.45, 7) is 4.35. The predicted molar refractivity (Wildman–Crippen MR) is 75.0 cm³/mol. The number of aliphatic hydroxyl groups is 1. The van der Waals surface area contributed by atoms with E-state index in [1.807, 2.05) is 0 Å². The van der Waals surface area contributed by atoms with Gasteiger partial charge >= 0.3 is 0 Å². The second kappa shape index (κ2) is 7.53. The summed E-state index contributed by atoms with van der Waals surface area (Å²) in [5.74, 6) is -0.792. The number of hydrogen-bond donors (Lipinski definition) is 2. The fraction of sp³-hybridized carbons (Fsp3) is 0.538. The van der Waals surface area contributed by atoms with Gasteiger partial charge in [0, 0.05) is 17.8 Å². The second-order valence-corrected chi connectivity index (χ2v) is 4.75. The third-order valence-electron chi connectivity index (χ3n) is 2.74. The molecule has 0 saturated heterocycles. The first kappa shape index (κ1) is 16.8. The van der Waals surface area contributed by atoms with E-state index >= 15 is 0 Å². The van der Waals surface area contributed by atoms with Crippen LogP contribution < -0.4 is 5.32 Å². The van der Waals surface area contributed by atoms with Gasteiger partial charge in [0.15, 0.2) is 6.23 Å². The van der Waals surface area contributed by atoms with Gasteiger partial charge in [0.2, 0.25) is 11.8 Å². The lowest BCUT2D eigenvalue weighted by Gasteiger charge is -2.28. The normalized spacial score (nSPS) is 19.5. The summed E-state index contributed by atoms with van der Waals surface area (Å²) in [5.41, 5.74) is 0.333. The zero-order chi connectivity index (χ0) is 16.0. The molecule has 21 heavy (non-hydrogen) atoms. The van der Waals surface area contributed by atoms with Crippen molar-refractivity contribution in [3.05, 3.63) is 28.5 Å². The maximum atomic E-state index is 12.1. The molecule has 0 saturated carbocycles. The number of allylic oxidation sites excluding steroid dienone is 1. The van der Waals surface area contributed by atoms with E-state index in [9.17, 15) is 19.6 Å². The molecule has 2 amide bonds. The number of carbonyl (C=O) groups excluding carboxylic acids is 2. The number of nitrogens with one attached hydrogen (secondary N) is 1. The molecule has 0 aromatic heterocycles. The highest BCUT2D eigenvalue weighted by molar-refractivity contribution is 5.97. The molecule has 1 aliphatic heterocycles. The first-order valence-electron chi connectivity index (χ1n) is 6.45. The largest absolute Gasteiger partial charge is 0.513 e. The molecule has 0 aromatic carbocycles. The highest BCUT2D eigenvalue weighted by atomic mass is 16.5. The lowest BCUT2D eigenvalue weighted by atomic mass is 10.3. The lowest BCUT2D eigenvalue weighted by Crippen LogP contribution is -2.42. The van der Waals surface area contributed by atoms with Crippen LogP contribution in [-0.2, 0) is 14.3 Å². The smallest absolute Gasteiger partial charge is 0.248 e. The maximum absolute atomic E-state index is 12.1. The molecule has 0 aliphatic carbocycles. The summed E-state index contributed by atoms with van der Waals surface area (Å²) in [4.78, 5) is 35.1. The van der Waals surface area contributed by atoms with Crippen molar-refractivity contribution in [1.82, 2.24) is 10.2 Å². The van der Waals surface area contributed by atoms with Crippen LogP contribution in [0.2, 0.25) is 0 Å². The van der Waals surface area contributed by atoms with Gasteiger partial charge in [-0.25, -0.2) is 0 Å². The molecule has 0 radical (unpaired) electrons. The number of nitrogens with zero attached hydrogens (tertiary/aromatic N) is 2. The van der Waals surface area contributed by atoms with Crippen LogP contribution in [-0.4, -0.2) is 47.2 Å². The van der Waals surface area contributed by atoms with E-state index in [0.29, 0.717) is 5.57 Å². The van der Waals surface area contributed by atoms with Gasteiger partial charge in [-0.15, -0.1) is 0 Å². The molecule has 1 heterocycles. The summed E-state index contributed by atoms with van der Waals surface area (Å²) in [5, 5.41) is 14.6. The molecule has 0 spiro atoms. The van der Waals surface area contributed by atoms with Crippen LogP contribution in [0.3, 0.4) is 0 Å². The minimum atomic E-state index is -0.929. The Bertz CT molecular complexity index is 482. The van der Waals surface area contributed by atoms with Gasteiger partial charge < -0.3 is 15.2 Å². The molecule has 1 unspecified atom stereocenters. The van der Waals surface area contributed by atoms with Crippen LogP contribution in [0.5, 0.6) is 0 Å². The van der Waals surface area contributed by atoms with Gasteiger partial charge in [-0.3, -0.25) is 14.5 Å². The van der Waals surface area contributed by atoms with Crippen molar-refractivity contribution in [2.45, 2.75) is 33.1 Å². The molecule has 1 rings (SSSR count). The van der Waals surface area contributed by atoms with Crippen molar-refractivity contribution in [1.29, 1.82) is 0 Å². The molecule has 2 atom stereocenters. The Balaban J connectivity index is 3.04. The van der Waals surface area contributed by atoms with Gasteiger partial charge in [0.05, 0.1) is 18.4 Å². The van der Waals surface area contributed by atoms with Gasteiger partial charge in [0.1, 0.15) is 6.54 Å². The van der Waals surface area contributed by atoms with Crippen LogP contribution in [0, 0.1) is 4.91 Å². The van der Waals surface area contributed by atoms with E-state index in [4.69, 9.17) is 4.74 Å². The van der Waals surface area contributed by atoms with Crippen molar-refractivity contribution >= 4 is 11.8 Å².